The van der Waals surface area contributed by atoms with E-state index in [0.29, 0.717) is 5.56 Å². The highest BCUT2D eigenvalue weighted by Crippen LogP contribution is 2.38. The Morgan fingerprint density at radius 2 is 1.87 bits per heavy atom. The Labute approximate surface area is 182 Å². The molecule has 0 spiro atoms. The normalized spacial score (nSPS) is 28.4. The number of methoxy groups -OCH3 is 3. The minimum atomic E-state index is -1.00. The van der Waals surface area contributed by atoms with Gasteiger partial charge in [-0.05, 0) is 11.5 Å². The monoisotopic (exact) mass is 437 g/mol. The molecule has 0 aliphatic carbocycles. The van der Waals surface area contributed by atoms with E-state index in [1.54, 1.807) is 24.3 Å². The van der Waals surface area contributed by atoms with Gasteiger partial charge in [-0.2, -0.15) is 0 Å². The molecule has 0 radical (unpaired) electrons. The van der Waals surface area contributed by atoms with Crippen LogP contribution in [0.4, 0.5) is 4.79 Å². The topological polar surface area (TPSA) is 104 Å². The largest absolute Gasteiger partial charge is 0.438 e. The molecule has 0 aromatic heterocycles. The number of carbonyl (C=O) groups is 2. The molecule has 1 N–H and O–H groups in total. The Hall–Kier alpha value is -2.04. The van der Waals surface area contributed by atoms with Gasteiger partial charge in [-0.15, -0.1) is 0 Å². The van der Waals surface area contributed by atoms with Crippen molar-refractivity contribution in [3.05, 3.63) is 35.9 Å². The second-order valence-corrected chi connectivity index (χ2v) is 8.10. The molecule has 1 aromatic carbocycles. The number of aliphatic hydroxyl groups excluding tert-OH is 1. The number of aliphatic hydroxyl groups is 1. The van der Waals surface area contributed by atoms with Crippen molar-refractivity contribution in [1.82, 2.24) is 4.90 Å². The van der Waals surface area contributed by atoms with Gasteiger partial charge in [0.25, 0.3) is 0 Å². The molecule has 7 atom stereocenters. The highest BCUT2D eigenvalue weighted by Gasteiger charge is 2.60. The quantitative estimate of drug-likeness (QED) is 0.621. The molecule has 31 heavy (non-hydrogen) atoms. The molecule has 9 nitrogen and oxygen atoms in total. The van der Waals surface area contributed by atoms with Gasteiger partial charge >= 0.3 is 6.09 Å². The van der Waals surface area contributed by atoms with E-state index in [9.17, 15) is 14.7 Å². The van der Waals surface area contributed by atoms with Crippen LogP contribution in [0.15, 0.2) is 30.3 Å². The van der Waals surface area contributed by atoms with Crippen molar-refractivity contribution >= 4 is 12.0 Å². The molecule has 2 aliphatic heterocycles. The Bertz CT molecular complexity index is 757. The number of hydrogen-bond acceptors (Lipinski definition) is 8. The summed E-state index contributed by atoms with van der Waals surface area (Å²) in [4.78, 5) is 27.3. The van der Waals surface area contributed by atoms with Gasteiger partial charge in [0, 0.05) is 21.3 Å². The van der Waals surface area contributed by atoms with Crippen molar-refractivity contribution in [1.29, 1.82) is 0 Å². The van der Waals surface area contributed by atoms with E-state index in [1.165, 1.54) is 21.3 Å². The number of rotatable bonds is 9. The SMILES string of the molecule is COC[C@@H](OC)[C@H]1O[C@H]2[C@H](OC(=O)N2C(=O)[C@H](c2ccccc2)[C@H](O)C(C)C)[C@H]1OC. The molecule has 0 unspecified atom stereocenters. The summed E-state index contributed by atoms with van der Waals surface area (Å²) in [5, 5.41) is 10.8. The Kier molecular flexibility index (Phi) is 7.66. The van der Waals surface area contributed by atoms with Crippen LogP contribution in [-0.4, -0.2) is 86.7 Å². The van der Waals surface area contributed by atoms with Crippen molar-refractivity contribution in [2.75, 3.05) is 27.9 Å². The fraction of sp³-hybridized carbons (Fsp3) is 0.636. The van der Waals surface area contributed by atoms with Crippen LogP contribution in [0.5, 0.6) is 0 Å². The second kappa shape index (κ2) is 10.1. The Morgan fingerprint density at radius 1 is 1.19 bits per heavy atom. The third-order valence-corrected chi connectivity index (χ3v) is 5.87. The van der Waals surface area contributed by atoms with Crippen LogP contribution < -0.4 is 0 Å². The molecule has 9 heteroatoms. The van der Waals surface area contributed by atoms with Crippen molar-refractivity contribution < 1.29 is 38.4 Å². The van der Waals surface area contributed by atoms with Gasteiger partial charge in [0.1, 0.15) is 18.3 Å². The van der Waals surface area contributed by atoms with E-state index < -0.39 is 54.7 Å². The summed E-state index contributed by atoms with van der Waals surface area (Å²) in [6.07, 6.45) is -5.36. The van der Waals surface area contributed by atoms with E-state index in [4.69, 9.17) is 23.7 Å². The van der Waals surface area contributed by atoms with Gasteiger partial charge in [-0.1, -0.05) is 44.2 Å². The van der Waals surface area contributed by atoms with Crippen molar-refractivity contribution in [2.45, 2.75) is 56.5 Å². The standard InChI is InChI=1S/C22H31NO8/c1-12(2)16(24)15(13-9-7-6-8-10-13)20(25)23-21-19(31-22(23)26)18(29-5)17(30-21)14(28-4)11-27-3/h6-10,12,14-19,21,24H,11H2,1-5H3/t14-,15-,16-,17-,18+,19-,21+/m1/s1. The fourth-order valence-corrected chi connectivity index (χ4v) is 4.20. The molecule has 2 aliphatic rings. The number of benzene rings is 1. The van der Waals surface area contributed by atoms with E-state index in [0.717, 1.165) is 4.90 Å². The highest BCUT2D eigenvalue weighted by molar-refractivity contribution is 5.97. The third kappa shape index (κ3) is 4.47. The molecule has 3 rings (SSSR count). The summed E-state index contributed by atoms with van der Waals surface area (Å²) >= 11 is 0. The number of hydrogen-bond donors (Lipinski definition) is 1. The molecule has 2 heterocycles. The number of amides is 2. The van der Waals surface area contributed by atoms with Crippen molar-refractivity contribution in [3.63, 3.8) is 0 Å². The zero-order chi connectivity index (χ0) is 22.7. The number of fused-ring (bicyclic) bond motifs is 1. The van der Waals surface area contributed by atoms with Gasteiger partial charge in [-0.3, -0.25) is 4.79 Å². The summed E-state index contributed by atoms with van der Waals surface area (Å²) in [7, 11) is 4.54. The maximum atomic E-state index is 13.6. The van der Waals surface area contributed by atoms with E-state index in [-0.39, 0.29) is 12.5 Å². The van der Waals surface area contributed by atoms with Crippen LogP contribution in [0, 0.1) is 5.92 Å². The summed E-state index contributed by atoms with van der Waals surface area (Å²) in [5.74, 6) is -1.75. The van der Waals surface area contributed by atoms with E-state index in [2.05, 4.69) is 0 Å². The third-order valence-electron chi connectivity index (χ3n) is 5.87. The van der Waals surface area contributed by atoms with Crippen LogP contribution in [0.2, 0.25) is 0 Å². The predicted octanol–water partition coefficient (Wildman–Crippen LogP) is 1.54. The van der Waals surface area contributed by atoms with Gasteiger partial charge < -0.3 is 28.8 Å². The van der Waals surface area contributed by atoms with Gasteiger partial charge in [0.2, 0.25) is 5.91 Å². The molecule has 0 bridgehead atoms. The number of imide groups is 1. The van der Waals surface area contributed by atoms with Crippen molar-refractivity contribution in [2.24, 2.45) is 5.92 Å². The summed E-state index contributed by atoms with van der Waals surface area (Å²) in [5.41, 5.74) is 0.608. The molecule has 2 saturated heterocycles. The van der Waals surface area contributed by atoms with Gasteiger partial charge in [-0.25, -0.2) is 9.69 Å². The molecule has 0 saturated carbocycles. The van der Waals surface area contributed by atoms with Crippen LogP contribution in [0.3, 0.4) is 0 Å². The van der Waals surface area contributed by atoms with Crippen LogP contribution >= 0.6 is 0 Å². The van der Waals surface area contributed by atoms with E-state index >= 15 is 0 Å². The molecule has 1 aromatic rings. The molecule has 2 amide bonds. The maximum absolute atomic E-state index is 13.6. The van der Waals surface area contributed by atoms with E-state index in [1.807, 2.05) is 19.9 Å². The van der Waals surface area contributed by atoms with Gasteiger partial charge in [0.05, 0.1) is 18.6 Å². The highest BCUT2D eigenvalue weighted by atomic mass is 16.7. The minimum absolute atomic E-state index is 0.216. The molecule has 172 valence electrons. The lowest BCUT2D eigenvalue weighted by Crippen LogP contribution is -2.47. The number of ether oxygens (including phenoxy) is 5. The lowest BCUT2D eigenvalue weighted by Gasteiger charge is -2.30. The first-order valence-electron chi connectivity index (χ1n) is 10.3. The predicted molar refractivity (Wildman–Crippen MR) is 109 cm³/mol. The fourth-order valence-electron chi connectivity index (χ4n) is 4.20. The lowest BCUT2D eigenvalue weighted by molar-refractivity contribution is -0.151. The first-order chi connectivity index (χ1) is 14.8. The summed E-state index contributed by atoms with van der Waals surface area (Å²) in [6.45, 7) is 3.87. The first-order valence-corrected chi connectivity index (χ1v) is 10.3. The molecular weight excluding hydrogens is 406 g/mol. The lowest BCUT2D eigenvalue weighted by atomic mass is 9.86. The van der Waals surface area contributed by atoms with Gasteiger partial charge in [0.15, 0.2) is 12.3 Å². The second-order valence-electron chi connectivity index (χ2n) is 8.10. The van der Waals surface area contributed by atoms with Crippen LogP contribution in [-0.2, 0) is 28.5 Å². The zero-order valence-corrected chi connectivity index (χ0v) is 18.5. The van der Waals surface area contributed by atoms with Crippen molar-refractivity contribution in [3.8, 4) is 0 Å². The average Bonchev–Trinajstić information content (AvgIpc) is 3.26. The molecule has 2 fully saturated rings. The minimum Gasteiger partial charge on any atom is -0.438 e. The zero-order valence-electron chi connectivity index (χ0n) is 18.5. The average molecular weight is 437 g/mol. The Morgan fingerprint density at radius 3 is 2.42 bits per heavy atom. The van der Waals surface area contributed by atoms with Crippen LogP contribution in [0.1, 0.15) is 25.3 Å². The smallest absolute Gasteiger partial charge is 0.419 e. The maximum Gasteiger partial charge on any atom is 0.419 e. The molecular formula is C22H31NO8. The summed E-state index contributed by atoms with van der Waals surface area (Å²) < 4.78 is 27.8. The first kappa shape index (κ1) is 23.6. The summed E-state index contributed by atoms with van der Waals surface area (Å²) in [6, 6.07) is 8.89. The van der Waals surface area contributed by atoms with Crippen LogP contribution in [0.25, 0.3) is 0 Å². The number of nitrogens with zero attached hydrogens (tertiary/aromatic N) is 1. The Balaban J connectivity index is 1.92. The number of carbonyl (C=O) groups excluding carboxylic acids is 2.